The van der Waals surface area contributed by atoms with Crippen LogP contribution in [0.25, 0.3) is 0 Å². The van der Waals surface area contributed by atoms with E-state index in [-0.39, 0.29) is 11.9 Å². The van der Waals surface area contributed by atoms with Crippen molar-refractivity contribution >= 4 is 21.6 Å². The van der Waals surface area contributed by atoms with Gasteiger partial charge in [-0.2, -0.15) is 0 Å². The predicted octanol–water partition coefficient (Wildman–Crippen LogP) is 3.13. The maximum atomic E-state index is 12.6. The lowest BCUT2D eigenvalue weighted by atomic mass is 10.2. The number of hydrogen-bond donors (Lipinski definition) is 1. The molecule has 0 aromatic heterocycles. The molecular weight excluding hydrogens is 404 g/mol. The Morgan fingerprint density at radius 2 is 1.63 bits per heavy atom. The maximum absolute atomic E-state index is 12.6. The molecule has 0 aliphatic rings. The molecule has 2 rings (SSSR count). The molecule has 0 saturated heterocycles. The highest BCUT2D eigenvalue weighted by atomic mass is 32.2. The molecule has 2 aromatic carbocycles. The van der Waals surface area contributed by atoms with E-state index in [1.54, 1.807) is 24.3 Å². The van der Waals surface area contributed by atoms with Crippen molar-refractivity contribution in [3.05, 3.63) is 54.1 Å². The molecule has 0 heterocycles. The van der Waals surface area contributed by atoms with Crippen molar-refractivity contribution in [1.82, 2.24) is 5.32 Å². The van der Waals surface area contributed by atoms with E-state index < -0.39 is 16.1 Å². The molecule has 2 aromatic rings. The van der Waals surface area contributed by atoms with E-state index in [9.17, 15) is 13.2 Å². The second-order valence-corrected chi connectivity index (χ2v) is 9.29. The molecule has 0 aliphatic carbocycles. The summed E-state index contributed by atoms with van der Waals surface area (Å²) in [4.78, 5) is 12.6. The van der Waals surface area contributed by atoms with E-state index in [1.165, 1.54) is 11.4 Å². The van der Waals surface area contributed by atoms with Gasteiger partial charge in [0.25, 0.3) is 5.91 Å². The van der Waals surface area contributed by atoms with Crippen LogP contribution in [0.1, 0.15) is 25.8 Å². The smallest absolute Gasteiger partial charge is 0.261 e. The van der Waals surface area contributed by atoms with Gasteiger partial charge in [0.05, 0.1) is 18.0 Å². The molecule has 164 valence electrons. The molecule has 0 unspecified atom stereocenters. The SMILES string of the molecule is CC[C@@H](Oc1ccc(N(C)S(C)(=O)=O)cc1)C(=O)N[C@H](C)COc1ccc(C)cc1. The average Bonchev–Trinajstić information content (AvgIpc) is 2.70. The normalized spacial score (nSPS) is 13.2. The number of ether oxygens (including phenoxy) is 2. The number of carbonyl (C=O) groups excluding carboxylic acids is 1. The first-order valence-electron chi connectivity index (χ1n) is 9.80. The molecule has 1 amide bonds. The number of carbonyl (C=O) groups is 1. The lowest BCUT2D eigenvalue weighted by molar-refractivity contribution is -0.128. The van der Waals surface area contributed by atoms with Gasteiger partial charge in [-0.1, -0.05) is 24.6 Å². The summed E-state index contributed by atoms with van der Waals surface area (Å²) in [6.45, 7) is 6.09. The summed E-state index contributed by atoms with van der Waals surface area (Å²) in [7, 11) is -1.85. The first-order chi connectivity index (χ1) is 14.1. The van der Waals surface area contributed by atoms with Gasteiger partial charge >= 0.3 is 0 Å². The number of nitrogens with one attached hydrogen (secondary N) is 1. The van der Waals surface area contributed by atoms with Crippen LogP contribution in [-0.4, -0.2) is 46.4 Å². The number of benzene rings is 2. The van der Waals surface area contributed by atoms with Gasteiger partial charge in [0.15, 0.2) is 6.10 Å². The van der Waals surface area contributed by atoms with Crippen molar-refractivity contribution in [3.63, 3.8) is 0 Å². The molecule has 7 nitrogen and oxygen atoms in total. The highest BCUT2D eigenvalue weighted by Crippen LogP contribution is 2.21. The molecule has 0 spiro atoms. The van der Waals surface area contributed by atoms with Crippen molar-refractivity contribution in [2.45, 2.75) is 39.3 Å². The predicted molar refractivity (Wildman–Crippen MR) is 119 cm³/mol. The van der Waals surface area contributed by atoms with Gasteiger partial charge in [0.1, 0.15) is 18.1 Å². The second-order valence-electron chi connectivity index (χ2n) is 7.27. The standard InChI is InChI=1S/C22H30N2O5S/c1-6-21(29-20-13-9-18(10-14-20)24(4)30(5,26)27)22(25)23-17(3)15-28-19-11-7-16(2)8-12-19/h7-14,17,21H,6,15H2,1-5H3,(H,23,25)/t17-,21-/m1/s1. The zero-order valence-corrected chi connectivity index (χ0v) is 18.9. The number of rotatable bonds is 10. The van der Waals surface area contributed by atoms with Crippen molar-refractivity contribution in [3.8, 4) is 11.5 Å². The third-order valence-electron chi connectivity index (χ3n) is 4.55. The highest BCUT2D eigenvalue weighted by Gasteiger charge is 2.21. The Balaban J connectivity index is 1.90. The molecule has 30 heavy (non-hydrogen) atoms. The largest absolute Gasteiger partial charge is 0.491 e. The molecular formula is C22H30N2O5S. The molecule has 2 atom stereocenters. The summed E-state index contributed by atoms with van der Waals surface area (Å²) in [5.41, 5.74) is 1.67. The Morgan fingerprint density at radius 3 is 2.17 bits per heavy atom. The van der Waals surface area contributed by atoms with Crippen molar-refractivity contribution in [2.24, 2.45) is 0 Å². The minimum absolute atomic E-state index is 0.192. The van der Waals surface area contributed by atoms with Gasteiger partial charge in [-0.3, -0.25) is 9.10 Å². The Hall–Kier alpha value is -2.74. The van der Waals surface area contributed by atoms with Crippen LogP contribution in [0.15, 0.2) is 48.5 Å². The summed E-state index contributed by atoms with van der Waals surface area (Å²) >= 11 is 0. The third kappa shape index (κ3) is 6.95. The summed E-state index contributed by atoms with van der Waals surface area (Å²) in [5, 5.41) is 2.91. The van der Waals surface area contributed by atoms with Gasteiger partial charge in [-0.15, -0.1) is 0 Å². The van der Waals surface area contributed by atoms with E-state index in [4.69, 9.17) is 9.47 Å². The summed E-state index contributed by atoms with van der Waals surface area (Å²) in [6.07, 6.45) is 0.964. The molecule has 0 radical (unpaired) electrons. The highest BCUT2D eigenvalue weighted by molar-refractivity contribution is 7.92. The minimum Gasteiger partial charge on any atom is -0.491 e. The third-order valence-corrected chi connectivity index (χ3v) is 5.75. The van der Waals surface area contributed by atoms with Gasteiger partial charge < -0.3 is 14.8 Å². The Labute approximate surface area is 179 Å². The number of hydrogen-bond acceptors (Lipinski definition) is 5. The molecule has 0 saturated carbocycles. The van der Waals surface area contributed by atoms with Crippen LogP contribution in [0, 0.1) is 6.92 Å². The number of nitrogens with zero attached hydrogens (tertiary/aromatic N) is 1. The molecule has 0 aliphatic heterocycles. The number of sulfonamides is 1. The summed E-state index contributed by atoms with van der Waals surface area (Å²) in [5.74, 6) is 1.02. The lowest BCUT2D eigenvalue weighted by Crippen LogP contribution is -2.44. The van der Waals surface area contributed by atoms with Gasteiger partial charge in [-0.25, -0.2) is 8.42 Å². The van der Waals surface area contributed by atoms with Crippen LogP contribution < -0.4 is 19.1 Å². The maximum Gasteiger partial charge on any atom is 0.261 e. The zero-order chi connectivity index (χ0) is 22.3. The van der Waals surface area contributed by atoms with Crippen LogP contribution in [0.5, 0.6) is 11.5 Å². The number of aryl methyl sites for hydroxylation is 1. The van der Waals surface area contributed by atoms with E-state index >= 15 is 0 Å². The molecule has 1 N–H and O–H groups in total. The lowest BCUT2D eigenvalue weighted by Gasteiger charge is -2.21. The van der Waals surface area contributed by atoms with Gasteiger partial charge in [0.2, 0.25) is 10.0 Å². The van der Waals surface area contributed by atoms with Crippen LogP contribution in [-0.2, 0) is 14.8 Å². The fourth-order valence-corrected chi connectivity index (χ4v) is 3.15. The Morgan fingerprint density at radius 1 is 1.07 bits per heavy atom. The van der Waals surface area contributed by atoms with Gasteiger partial charge in [0, 0.05) is 7.05 Å². The second kappa shape index (κ2) is 10.3. The zero-order valence-electron chi connectivity index (χ0n) is 18.1. The fraction of sp³-hybridized carbons (Fsp3) is 0.409. The van der Waals surface area contributed by atoms with Gasteiger partial charge in [-0.05, 0) is 56.7 Å². The first kappa shape index (κ1) is 23.5. The van der Waals surface area contributed by atoms with E-state index in [0.717, 1.165) is 17.6 Å². The van der Waals surface area contributed by atoms with Crippen molar-refractivity contribution < 1.29 is 22.7 Å². The van der Waals surface area contributed by atoms with E-state index in [0.29, 0.717) is 24.5 Å². The quantitative estimate of drug-likeness (QED) is 0.621. The van der Waals surface area contributed by atoms with Crippen LogP contribution in [0.4, 0.5) is 5.69 Å². The minimum atomic E-state index is -3.33. The van der Waals surface area contributed by atoms with E-state index in [2.05, 4.69) is 5.32 Å². The number of amides is 1. The van der Waals surface area contributed by atoms with Crippen LogP contribution in [0.3, 0.4) is 0 Å². The average molecular weight is 435 g/mol. The summed E-state index contributed by atoms with van der Waals surface area (Å²) in [6, 6.07) is 14.1. The Bertz CT molecular complexity index is 927. The Kier molecular flexibility index (Phi) is 8.11. The van der Waals surface area contributed by atoms with Crippen LogP contribution >= 0.6 is 0 Å². The summed E-state index contributed by atoms with van der Waals surface area (Å²) < 4.78 is 35.9. The fourth-order valence-electron chi connectivity index (χ4n) is 2.65. The van der Waals surface area contributed by atoms with Crippen molar-refractivity contribution in [1.29, 1.82) is 0 Å². The molecule has 8 heteroatoms. The molecule has 0 fully saturated rings. The molecule has 0 bridgehead atoms. The number of anilines is 1. The topological polar surface area (TPSA) is 84.9 Å². The van der Waals surface area contributed by atoms with Crippen molar-refractivity contribution in [2.75, 3.05) is 24.2 Å². The van der Waals surface area contributed by atoms with E-state index in [1.807, 2.05) is 45.0 Å². The van der Waals surface area contributed by atoms with Crippen LogP contribution in [0.2, 0.25) is 0 Å². The monoisotopic (exact) mass is 434 g/mol. The first-order valence-corrected chi connectivity index (χ1v) is 11.7.